The molecule has 0 aromatic heterocycles. The van der Waals surface area contributed by atoms with Gasteiger partial charge in [0.2, 0.25) is 0 Å². The molecule has 2 aromatic rings. The van der Waals surface area contributed by atoms with Crippen LogP contribution in [0.3, 0.4) is 0 Å². The molecule has 0 saturated carbocycles. The number of β-amino-alcohol motifs (C(OH)–C–C–N with tert-alkyl or cyclic N) is 1. The second-order valence-electron chi connectivity index (χ2n) is 11.0. The summed E-state index contributed by atoms with van der Waals surface area (Å²) in [5.41, 5.74) is 6.90. The summed E-state index contributed by atoms with van der Waals surface area (Å²) in [4.78, 5) is 23.4. The van der Waals surface area contributed by atoms with E-state index >= 15 is 0 Å². The monoisotopic (exact) mass is 717 g/mol. The number of halogens is 1. The molecule has 2 aliphatic rings. The number of nitrogens with zero attached hydrogens (tertiary/aromatic N) is 5. The molecule has 248 valence electrons. The number of aryl methyl sites for hydroxylation is 2. The van der Waals surface area contributed by atoms with Gasteiger partial charge < -0.3 is 33.4 Å². The van der Waals surface area contributed by atoms with Crippen LogP contribution in [0.4, 0.5) is 4.39 Å². The van der Waals surface area contributed by atoms with Crippen molar-refractivity contribution < 1.29 is 51.7 Å². The molecule has 1 N–H and O–H groups in total. The summed E-state index contributed by atoms with van der Waals surface area (Å²) in [7, 11) is 0. The minimum Gasteiger partial charge on any atom is -0.476 e. The van der Waals surface area contributed by atoms with Crippen molar-refractivity contribution in [2.75, 3.05) is 45.9 Å². The van der Waals surface area contributed by atoms with Crippen LogP contribution in [0, 0.1) is 44.8 Å². The van der Waals surface area contributed by atoms with E-state index in [-0.39, 0.29) is 51.2 Å². The molecule has 0 spiro atoms. The van der Waals surface area contributed by atoms with Crippen molar-refractivity contribution in [3.05, 3.63) is 96.3 Å². The number of likely N-dealkylation sites (tertiary alicyclic amines) is 1. The van der Waals surface area contributed by atoms with Crippen molar-refractivity contribution in [2.24, 2.45) is 9.98 Å². The second-order valence-corrected chi connectivity index (χ2v) is 11.0. The topological polar surface area (TPSA) is 102 Å². The minimum atomic E-state index is -0.439. The number of allylic oxidation sites excluding steroid dienone is 2. The van der Waals surface area contributed by atoms with Crippen LogP contribution in [0.1, 0.15) is 55.0 Å². The smallest absolute Gasteiger partial charge is 0.476 e. The molecule has 0 unspecified atom stereocenters. The number of aliphatic hydroxyl groups is 1. The summed E-state index contributed by atoms with van der Waals surface area (Å²) in [5, 5.41) is 17.5. The number of hydrogen-bond donors (Lipinski definition) is 1. The van der Waals surface area contributed by atoms with Crippen molar-refractivity contribution in [3.8, 4) is 11.8 Å². The van der Waals surface area contributed by atoms with Crippen LogP contribution in [-0.4, -0.2) is 84.6 Å². The predicted octanol–water partition coefficient (Wildman–Crippen LogP) is 5.86. The van der Waals surface area contributed by atoms with E-state index in [0.29, 0.717) is 17.5 Å². The Bertz CT molecular complexity index is 1450. The number of aliphatic hydroxyl groups excluding tert-OH is 1. The molecule has 0 atom stereocenters. The Morgan fingerprint density at radius 3 is 2.53 bits per heavy atom. The Labute approximate surface area is 306 Å². The predicted molar refractivity (Wildman–Crippen MR) is 185 cm³/mol. The molecule has 0 bridgehead atoms. The van der Waals surface area contributed by atoms with Gasteiger partial charge in [-0.1, -0.05) is 31.6 Å². The first-order valence-corrected chi connectivity index (χ1v) is 15.5. The van der Waals surface area contributed by atoms with Crippen molar-refractivity contribution in [1.29, 1.82) is 5.26 Å². The normalized spacial score (nSPS) is 14.5. The van der Waals surface area contributed by atoms with E-state index in [0.717, 1.165) is 73.8 Å². The van der Waals surface area contributed by atoms with Gasteiger partial charge in [-0.05, 0) is 50.0 Å². The molecular formula is C37H47FN5O3Y. The molecule has 2 aromatic carbocycles. The molecule has 47 heavy (non-hydrogen) atoms. The van der Waals surface area contributed by atoms with Crippen LogP contribution in [0.15, 0.2) is 58.8 Å². The summed E-state index contributed by atoms with van der Waals surface area (Å²) in [5.74, 6) is -0.343. The van der Waals surface area contributed by atoms with Gasteiger partial charge in [-0.3, -0.25) is 14.9 Å². The quantitative estimate of drug-likeness (QED) is 0.218. The molecular weight excluding hydrogens is 670 g/mol. The zero-order chi connectivity index (χ0) is 34.1. The zero-order valence-corrected chi connectivity index (χ0v) is 31.3. The van der Waals surface area contributed by atoms with Crippen LogP contribution in [0.5, 0.6) is 5.75 Å². The number of ether oxygens (including phenoxy) is 1. The van der Waals surface area contributed by atoms with Crippen LogP contribution < -0.4 is 4.74 Å². The van der Waals surface area contributed by atoms with E-state index in [1.807, 2.05) is 57.4 Å². The fourth-order valence-corrected chi connectivity index (χ4v) is 4.71. The van der Waals surface area contributed by atoms with Crippen molar-refractivity contribution in [1.82, 2.24) is 9.80 Å². The Kier molecular flexibility index (Phi) is 20.3. The molecule has 10 heteroatoms. The summed E-state index contributed by atoms with van der Waals surface area (Å²) >= 11 is 0. The van der Waals surface area contributed by atoms with Crippen molar-refractivity contribution >= 4 is 23.3 Å². The fourth-order valence-electron chi connectivity index (χ4n) is 4.71. The van der Waals surface area contributed by atoms with Crippen LogP contribution >= 0.6 is 0 Å². The maximum Gasteiger partial charge on any atom is 3.00 e. The average Bonchev–Trinajstić information content (AvgIpc) is 3.54. The van der Waals surface area contributed by atoms with Gasteiger partial charge in [-0.2, -0.15) is 11.3 Å². The molecule has 0 radical (unpaired) electrons. The van der Waals surface area contributed by atoms with Crippen LogP contribution in [-0.2, 0) is 43.9 Å². The first-order chi connectivity index (χ1) is 22.1. The van der Waals surface area contributed by atoms with Gasteiger partial charge in [0.05, 0.1) is 23.8 Å². The number of carbonyl (C=O) groups excluding carboxylic acids is 1. The number of rotatable bonds is 12. The Hall–Kier alpha value is -2.87. The Balaban J connectivity index is 0.000000387. The summed E-state index contributed by atoms with van der Waals surface area (Å²) in [6, 6.07) is 11.0. The van der Waals surface area contributed by atoms with Crippen molar-refractivity contribution in [2.45, 2.75) is 53.6 Å². The van der Waals surface area contributed by atoms with Gasteiger partial charge in [-0.15, -0.1) is 36.3 Å². The summed E-state index contributed by atoms with van der Waals surface area (Å²) in [6.45, 7) is 22.3. The standard InChI is InChI=1S/C18H18FN3O.C10H11O.C9H18N2O.Y/c1-4-8-21-13(3)16-10-14(11-22-16)15-5-6-17(23-9-7-20)18(19)12(15)2;1-3-9-4-5-10(7-11)8(2)6-9;1-3-10(4-2)5-6-11-7-9(12)8-11;/h4-6,8,11H,9-10H2,1-3H3;4-6H,3H2,1-2H3;9,12H,1-8H2;/q;-1;-2;+3/b8-4-,21-13?;;;. The molecule has 1 saturated heterocycles. The van der Waals surface area contributed by atoms with E-state index in [4.69, 9.17) is 15.1 Å². The van der Waals surface area contributed by atoms with E-state index in [1.54, 1.807) is 31.5 Å². The fraction of sp³-hybridized carbons (Fsp3) is 0.405. The molecule has 1 fully saturated rings. The summed E-state index contributed by atoms with van der Waals surface area (Å²) < 4.78 is 19.4. The first kappa shape index (κ1) is 42.2. The van der Waals surface area contributed by atoms with Crippen LogP contribution in [0.2, 0.25) is 0 Å². The number of benzene rings is 2. The van der Waals surface area contributed by atoms with E-state index < -0.39 is 5.82 Å². The third-order valence-corrected chi connectivity index (χ3v) is 7.67. The third kappa shape index (κ3) is 13.6. The van der Waals surface area contributed by atoms with Crippen molar-refractivity contribution in [3.63, 3.8) is 0 Å². The Morgan fingerprint density at radius 2 is 1.98 bits per heavy atom. The molecule has 4 rings (SSSR count). The average molecular weight is 718 g/mol. The number of aliphatic imine (C=N–C) groups is 2. The molecule has 8 nitrogen and oxygen atoms in total. The maximum absolute atomic E-state index is 14.3. The second kappa shape index (κ2) is 22.7. The molecule has 0 aliphatic carbocycles. The summed E-state index contributed by atoms with van der Waals surface area (Å²) in [6.07, 6.45) is 8.77. The van der Waals surface area contributed by atoms with Gasteiger partial charge in [-0.25, -0.2) is 4.39 Å². The van der Waals surface area contributed by atoms with Crippen LogP contribution in [0.25, 0.3) is 5.57 Å². The van der Waals surface area contributed by atoms with Gasteiger partial charge in [0.25, 0.3) is 0 Å². The van der Waals surface area contributed by atoms with Gasteiger partial charge >= 0.3 is 32.7 Å². The minimum absolute atomic E-state index is 0. The zero-order valence-electron chi connectivity index (χ0n) is 28.4. The Morgan fingerprint density at radius 1 is 1.28 bits per heavy atom. The van der Waals surface area contributed by atoms with E-state index in [1.165, 1.54) is 5.56 Å². The van der Waals surface area contributed by atoms with E-state index in [2.05, 4.69) is 40.6 Å². The number of nitriles is 1. The third-order valence-electron chi connectivity index (χ3n) is 7.67. The number of hydrogen-bond acceptors (Lipinski definition) is 8. The maximum atomic E-state index is 14.3. The van der Waals surface area contributed by atoms with Gasteiger partial charge in [0.1, 0.15) is 6.07 Å². The molecule has 0 amide bonds. The molecule has 2 heterocycles. The van der Waals surface area contributed by atoms with Gasteiger partial charge in [0, 0.05) is 45.0 Å². The van der Waals surface area contributed by atoms with E-state index in [9.17, 15) is 9.18 Å². The largest absolute Gasteiger partial charge is 3.00 e. The SMILES string of the molecule is C/C=C\N=C(C)C1=NC=C(c2ccc(OCC#N)c(F)c2C)C1.CCc1ccc([C-]=O)c(C)c1.[CH2-]CN(C[CH2-])CCN1CC(O)C1.[Y+3]. The molecule has 2 aliphatic heterocycles. The first-order valence-electron chi connectivity index (χ1n) is 15.5. The van der Waals surface area contributed by atoms with Gasteiger partial charge in [0.15, 0.2) is 18.2 Å².